The highest BCUT2D eigenvalue weighted by Gasteiger charge is 2.53. The number of guanidine groups is 1. The van der Waals surface area contributed by atoms with E-state index in [-0.39, 0.29) is 24.3 Å². The highest BCUT2D eigenvalue weighted by Crippen LogP contribution is 2.43. The van der Waals surface area contributed by atoms with Crippen molar-refractivity contribution in [3.63, 3.8) is 0 Å². The molecule has 57 heavy (non-hydrogen) atoms. The topological polar surface area (TPSA) is 335 Å². The molecule has 0 radical (unpaired) electrons. The summed E-state index contributed by atoms with van der Waals surface area (Å²) in [5.41, 5.74) is -4.33. The number of benzene rings is 2. The second-order valence-corrected chi connectivity index (χ2v) is 14.5. The number of aliphatic imine (C=N–C) groups is 1. The number of aliphatic carboxylic acids is 2. The lowest BCUT2D eigenvalue weighted by Gasteiger charge is -2.26. The molecule has 304 valence electrons. The Morgan fingerprint density at radius 1 is 1.00 bits per heavy atom. The summed E-state index contributed by atoms with van der Waals surface area (Å²) < 4.78 is 5.12. The molecule has 0 saturated carbocycles. The number of carbonyl (C=O) groups excluding carboxylic acids is 2. The molecule has 0 bridgehead atoms. The summed E-state index contributed by atoms with van der Waals surface area (Å²) in [4.78, 5) is 89.0. The lowest BCUT2D eigenvalue weighted by atomic mass is 9.91. The van der Waals surface area contributed by atoms with E-state index in [0.29, 0.717) is 16.3 Å². The monoisotopic (exact) mass is 814 g/mol. The van der Waals surface area contributed by atoms with Crippen molar-refractivity contribution in [2.45, 2.75) is 51.9 Å². The Hall–Kier alpha value is -7.03. The molecule has 3 rings (SSSR count). The summed E-state index contributed by atoms with van der Waals surface area (Å²) in [7, 11) is 2.30. The number of ether oxygens (including phenoxy) is 1. The molecule has 0 aliphatic carbocycles. The number of nitrogens with one attached hydrogen (secondary N) is 4. The summed E-state index contributed by atoms with van der Waals surface area (Å²) in [6.07, 6.45) is -0.863. The van der Waals surface area contributed by atoms with Crippen LogP contribution in [0.2, 0.25) is 0 Å². The second-order valence-electron chi connectivity index (χ2n) is 13.4. The number of nitrogens with zero attached hydrogens (tertiary/aromatic N) is 6. The van der Waals surface area contributed by atoms with Crippen molar-refractivity contribution < 1.29 is 48.9 Å². The van der Waals surface area contributed by atoms with Gasteiger partial charge in [-0.25, -0.2) is 14.6 Å². The van der Waals surface area contributed by atoms with Crippen LogP contribution in [0, 0.1) is 47.2 Å². The number of nitriles is 1. The van der Waals surface area contributed by atoms with Crippen LogP contribution in [0.1, 0.15) is 61.3 Å². The molecule has 6 N–H and O–H groups in total. The van der Waals surface area contributed by atoms with Crippen molar-refractivity contribution in [3.05, 3.63) is 89.3 Å². The van der Waals surface area contributed by atoms with Gasteiger partial charge in [-0.2, -0.15) is 21.9 Å². The second kappa shape index (κ2) is 19.0. The Labute approximate surface area is 327 Å². The number of thioether (sulfide) groups is 1. The summed E-state index contributed by atoms with van der Waals surface area (Å²) >= 11 is 0.934. The van der Waals surface area contributed by atoms with E-state index in [4.69, 9.17) is 4.74 Å². The number of carboxylic acid groups (broad SMARTS) is 2. The zero-order chi connectivity index (χ0) is 42.8. The summed E-state index contributed by atoms with van der Waals surface area (Å²) in [6, 6.07) is 5.00. The maximum absolute atomic E-state index is 14.2. The number of methoxy groups -OCH3 is 1. The highest BCUT2D eigenvalue weighted by molar-refractivity contribution is 7.99. The van der Waals surface area contributed by atoms with Crippen LogP contribution in [0.4, 0.5) is 11.4 Å². The van der Waals surface area contributed by atoms with Crippen LogP contribution in [-0.2, 0) is 14.4 Å². The van der Waals surface area contributed by atoms with Crippen molar-refractivity contribution in [1.82, 2.24) is 20.9 Å². The summed E-state index contributed by atoms with van der Waals surface area (Å²) in [6.45, 7) is 5.36. The van der Waals surface area contributed by atoms with Gasteiger partial charge in [0, 0.05) is 17.9 Å². The van der Waals surface area contributed by atoms with Crippen molar-refractivity contribution in [1.29, 1.82) is 5.26 Å². The lowest BCUT2D eigenvalue weighted by Crippen LogP contribution is -2.44. The first kappa shape index (κ1) is 44.4. The van der Waals surface area contributed by atoms with Crippen LogP contribution in [0.15, 0.2) is 47.2 Å². The van der Waals surface area contributed by atoms with Crippen molar-refractivity contribution in [2.24, 2.45) is 10.4 Å². The van der Waals surface area contributed by atoms with Crippen LogP contribution in [-0.4, -0.2) is 97.3 Å². The molecule has 23 nitrogen and oxygen atoms in total. The Morgan fingerprint density at radius 3 is 2.14 bits per heavy atom. The third kappa shape index (κ3) is 11.5. The van der Waals surface area contributed by atoms with Gasteiger partial charge in [-0.15, -0.1) is 0 Å². The zero-order valence-electron chi connectivity index (χ0n) is 31.0. The van der Waals surface area contributed by atoms with Gasteiger partial charge >= 0.3 is 29.6 Å². The molecule has 3 atom stereocenters. The number of fused-ring (bicyclic) bond motifs is 1. The largest absolute Gasteiger partial charge is 0.497 e. The van der Waals surface area contributed by atoms with Gasteiger partial charge in [-0.3, -0.25) is 35.1 Å². The average molecular weight is 815 g/mol. The van der Waals surface area contributed by atoms with Gasteiger partial charge in [0.2, 0.25) is 11.9 Å². The molecule has 0 spiro atoms. The molecule has 3 unspecified atom stereocenters. The van der Waals surface area contributed by atoms with Gasteiger partial charge in [0.1, 0.15) is 17.8 Å². The molecule has 0 fully saturated rings. The van der Waals surface area contributed by atoms with E-state index in [1.54, 1.807) is 39.1 Å². The van der Waals surface area contributed by atoms with Crippen molar-refractivity contribution >= 4 is 58.5 Å². The van der Waals surface area contributed by atoms with Gasteiger partial charge in [-0.05, 0) is 58.9 Å². The summed E-state index contributed by atoms with van der Waals surface area (Å²) in [5.74, 6) is -6.47. The molecule has 1 heterocycles. The number of anilines is 1. The Kier molecular flexibility index (Phi) is 14.8. The van der Waals surface area contributed by atoms with E-state index in [2.05, 4.69) is 26.3 Å². The molecule has 2 amide bonds. The fourth-order valence-electron chi connectivity index (χ4n) is 5.51. The predicted octanol–water partition coefficient (Wildman–Crippen LogP) is 2.58. The van der Waals surface area contributed by atoms with E-state index in [0.717, 1.165) is 30.9 Å². The normalized spacial score (nSPS) is 14.9. The lowest BCUT2D eigenvalue weighted by molar-refractivity contribution is -0.572. The van der Waals surface area contributed by atoms with E-state index < -0.39 is 102 Å². The first-order valence-electron chi connectivity index (χ1n) is 16.6. The molecule has 24 heteroatoms. The fraction of sp³-hybridized carbons (Fsp3) is 0.394. The minimum absolute atomic E-state index is 0.0323. The van der Waals surface area contributed by atoms with Crippen LogP contribution in [0.5, 0.6) is 5.75 Å². The maximum Gasteiger partial charge on any atom is 0.403 e. The molecule has 2 aromatic rings. The SMILES string of the molecule is COc1ccc(NC(=Nc2ccc3c(c2C(=O)NC(CCSCC(NC(=O)CC(C)(C)C)C(=O)O)C(=O)O)C([N+](=O)[O-])=C([N+](=O)[O-])N(C)C3[N+](=O)[O-])NC#N)cc1. The van der Waals surface area contributed by atoms with Gasteiger partial charge in [0.05, 0.1) is 46.4 Å². The zero-order valence-corrected chi connectivity index (χ0v) is 31.8. The molecule has 0 aromatic heterocycles. The Morgan fingerprint density at radius 2 is 1.63 bits per heavy atom. The minimum Gasteiger partial charge on any atom is -0.497 e. The Bertz CT molecular complexity index is 2040. The van der Waals surface area contributed by atoms with E-state index in [9.17, 15) is 65.0 Å². The quantitative estimate of drug-likeness (QED) is 0.0254. The standard InChI is InChI=1S/C33H38N10O13S/c1-33(2,3)14-23(44)37-22(31(48)49)15-57-13-12-21(30(46)47)38-27(45)25-20(39-32(35-16-34)36-17-6-8-18(56-5)9-7-17)11-10-19-24(25)26(41(50)51)29(43(54)55)40(4)28(19)42(52)53/h6-11,21-22,28H,12-15H2,1-5H3,(H,37,44)(H,38,45)(H,46,47)(H,48,49)(H2,35,36,39). The molecule has 1 aliphatic rings. The minimum atomic E-state index is -2.14. The van der Waals surface area contributed by atoms with Crippen molar-refractivity contribution in [2.75, 3.05) is 31.0 Å². The fourth-order valence-corrected chi connectivity index (χ4v) is 6.54. The molecular formula is C33H38N10O13S. The molecule has 2 aromatic carbocycles. The van der Waals surface area contributed by atoms with Crippen LogP contribution < -0.4 is 26.0 Å². The van der Waals surface area contributed by atoms with Gasteiger partial charge in [0.25, 0.3) is 5.91 Å². The third-order valence-electron chi connectivity index (χ3n) is 7.95. The first-order valence-corrected chi connectivity index (χ1v) is 17.7. The number of hydrogen-bond donors (Lipinski definition) is 6. The molecule has 0 saturated heterocycles. The maximum atomic E-state index is 14.2. The van der Waals surface area contributed by atoms with Gasteiger partial charge in [-0.1, -0.05) is 20.8 Å². The van der Waals surface area contributed by atoms with Crippen molar-refractivity contribution in [3.8, 4) is 11.9 Å². The third-order valence-corrected chi connectivity index (χ3v) is 9.04. The average Bonchev–Trinajstić information content (AvgIpc) is 3.10. The van der Waals surface area contributed by atoms with Crippen LogP contribution >= 0.6 is 11.8 Å². The van der Waals surface area contributed by atoms with Gasteiger partial charge in [0.15, 0.2) is 6.19 Å². The highest BCUT2D eigenvalue weighted by atomic mass is 32.2. The number of carboxylic acids is 2. The van der Waals surface area contributed by atoms with E-state index in [1.807, 2.05) is 0 Å². The van der Waals surface area contributed by atoms with Crippen LogP contribution in [0.25, 0.3) is 5.70 Å². The number of amides is 2. The molecule has 1 aliphatic heterocycles. The summed E-state index contributed by atoms with van der Waals surface area (Å²) in [5, 5.41) is 75.7. The number of hydrogen-bond acceptors (Lipinski definition) is 15. The van der Waals surface area contributed by atoms with Gasteiger partial charge < -0.3 is 41.0 Å². The number of rotatable bonds is 17. The Balaban J connectivity index is 2.13. The number of carbonyl (C=O) groups is 4. The van der Waals surface area contributed by atoms with E-state index in [1.165, 1.54) is 19.2 Å². The predicted molar refractivity (Wildman–Crippen MR) is 202 cm³/mol. The van der Waals surface area contributed by atoms with Crippen LogP contribution in [0.3, 0.4) is 0 Å². The number of nitro groups is 3. The molecular weight excluding hydrogens is 776 g/mol. The first-order chi connectivity index (χ1) is 26.7. The smallest absolute Gasteiger partial charge is 0.403 e. The van der Waals surface area contributed by atoms with E-state index >= 15 is 0 Å².